The third kappa shape index (κ3) is 4.96. The molecule has 2 N–H and O–H groups in total. The summed E-state index contributed by atoms with van der Waals surface area (Å²) in [6.07, 6.45) is 0. The number of hydrogen-bond donors (Lipinski definition) is 2. The lowest BCUT2D eigenvalue weighted by atomic mass is 10.1. The second-order valence-corrected chi connectivity index (χ2v) is 7.03. The van der Waals surface area contributed by atoms with Crippen molar-refractivity contribution in [1.82, 2.24) is 10.6 Å². The van der Waals surface area contributed by atoms with Crippen molar-refractivity contribution in [2.75, 3.05) is 6.54 Å². The van der Waals surface area contributed by atoms with Gasteiger partial charge in [-0.2, -0.15) is 0 Å². The fourth-order valence-electron chi connectivity index (χ4n) is 1.91. The van der Waals surface area contributed by atoms with Gasteiger partial charge in [0.2, 0.25) is 5.91 Å². The highest BCUT2D eigenvalue weighted by molar-refractivity contribution is 7.12. The van der Waals surface area contributed by atoms with E-state index in [9.17, 15) is 4.79 Å². The van der Waals surface area contributed by atoms with Gasteiger partial charge in [-0.15, -0.1) is 11.3 Å². The van der Waals surface area contributed by atoms with Gasteiger partial charge in [-0.05, 0) is 45.2 Å². The molecule has 1 aromatic heterocycles. The summed E-state index contributed by atoms with van der Waals surface area (Å²) in [5.41, 5.74) is 1.30. The van der Waals surface area contributed by atoms with Gasteiger partial charge in [-0.25, -0.2) is 0 Å². The Morgan fingerprint density at radius 2 is 1.89 bits per heavy atom. The quantitative estimate of drug-likeness (QED) is 0.841. The molecule has 0 radical (unpaired) electrons. The van der Waals surface area contributed by atoms with Crippen molar-refractivity contribution in [1.29, 1.82) is 0 Å². The van der Waals surface area contributed by atoms with E-state index in [1.54, 1.807) is 11.3 Å². The number of amides is 1. The highest BCUT2D eigenvalue weighted by Gasteiger charge is 2.14. The Hall–Kier alpha value is -0.870. The molecule has 3 nitrogen and oxygen atoms in total. The van der Waals surface area contributed by atoms with Crippen LogP contribution in [0.4, 0.5) is 0 Å². The monoisotopic (exact) mass is 282 g/mol. The third-order valence-corrected chi connectivity index (χ3v) is 4.49. The highest BCUT2D eigenvalue weighted by atomic mass is 32.1. The average Bonchev–Trinajstić information content (AvgIpc) is 2.65. The molecule has 0 saturated carbocycles. The second-order valence-electron chi connectivity index (χ2n) is 5.57. The van der Waals surface area contributed by atoms with E-state index in [1.165, 1.54) is 15.3 Å². The van der Waals surface area contributed by atoms with Crippen LogP contribution in [0.15, 0.2) is 6.07 Å². The van der Waals surface area contributed by atoms with Crippen molar-refractivity contribution in [3.63, 3.8) is 0 Å². The zero-order chi connectivity index (χ0) is 14.6. The van der Waals surface area contributed by atoms with E-state index in [4.69, 9.17) is 0 Å². The minimum Gasteiger partial charge on any atom is -0.352 e. The van der Waals surface area contributed by atoms with Gasteiger partial charge in [0.15, 0.2) is 0 Å². The number of nitrogens with one attached hydrogen (secondary N) is 2. The van der Waals surface area contributed by atoms with Gasteiger partial charge in [0, 0.05) is 21.8 Å². The minimum atomic E-state index is 0.0673. The molecule has 1 amide bonds. The molecule has 108 valence electrons. The standard InChI is InChI=1S/C15H26N2OS/c1-9(2)11(4)17-15(18)8-16-12(5)14-7-10(3)19-13(14)6/h7,9,11-12,16H,8H2,1-6H3,(H,17,18). The summed E-state index contributed by atoms with van der Waals surface area (Å²) < 4.78 is 0. The molecular formula is C15H26N2OS. The molecular weight excluding hydrogens is 256 g/mol. The van der Waals surface area contributed by atoms with Gasteiger partial charge in [-0.3, -0.25) is 4.79 Å². The molecule has 0 aliphatic heterocycles. The molecule has 0 aliphatic carbocycles. The first kappa shape index (κ1) is 16.2. The molecule has 1 aromatic rings. The highest BCUT2D eigenvalue weighted by Crippen LogP contribution is 2.25. The van der Waals surface area contributed by atoms with Crippen molar-refractivity contribution in [2.45, 2.75) is 53.6 Å². The van der Waals surface area contributed by atoms with Crippen LogP contribution in [-0.4, -0.2) is 18.5 Å². The Kier molecular flexibility index (Phi) is 6.01. The molecule has 0 spiro atoms. The molecule has 1 rings (SSSR count). The van der Waals surface area contributed by atoms with Gasteiger partial charge in [-0.1, -0.05) is 13.8 Å². The maximum Gasteiger partial charge on any atom is 0.234 e. The fraction of sp³-hybridized carbons (Fsp3) is 0.667. The predicted octanol–water partition coefficient (Wildman–Crippen LogP) is 3.18. The summed E-state index contributed by atoms with van der Waals surface area (Å²) in [7, 11) is 0. The van der Waals surface area contributed by atoms with Crippen LogP contribution in [0.3, 0.4) is 0 Å². The van der Waals surface area contributed by atoms with Crippen molar-refractivity contribution in [3.05, 3.63) is 21.4 Å². The van der Waals surface area contributed by atoms with E-state index >= 15 is 0 Å². The van der Waals surface area contributed by atoms with Crippen LogP contribution in [0.1, 0.15) is 49.1 Å². The normalized spacial score (nSPS) is 14.5. The summed E-state index contributed by atoms with van der Waals surface area (Å²) in [6.45, 7) is 13.0. The Morgan fingerprint density at radius 3 is 2.37 bits per heavy atom. The summed E-state index contributed by atoms with van der Waals surface area (Å²) in [6, 6.07) is 2.63. The largest absolute Gasteiger partial charge is 0.352 e. The molecule has 0 aliphatic rings. The zero-order valence-corrected chi connectivity index (χ0v) is 13.6. The lowest BCUT2D eigenvalue weighted by Gasteiger charge is -2.19. The second kappa shape index (κ2) is 7.06. The fourth-order valence-corrected chi connectivity index (χ4v) is 2.93. The van der Waals surface area contributed by atoms with Crippen LogP contribution in [0, 0.1) is 19.8 Å². The topological polar surface area (TPSA) is 41.1 Å². The third-order valence-electron chi connectivity index (χ3n) is 3.50. The van der Waals surface area contributed by atoms with E-state index in [2.05, 4.69) is 51.3 Å². The molecule has 0 fully saturated rings. The lowest BCUT2D eigenvalue weighted by Crippen LogP contribution is -2.41. The van der Waals surface area contributed by atoms with Gasteiger partial charge in [0.05, 0.1) is 6.54 Å². The number of carbonyl (C=O) groups excluding carboxylic acids is 1. The smallest absolute Gasteiger partial charge is 0.234 e. The first-order valence-electron chi connectivity index (χ1n) is 6.91. The first-order valence-corrected chi connectivity index (χ1v) is 7.72. The molecule has 0 bridgehead atoms. The number of rotatable bonds is 6. The van der Waals surface area contributed by atoms with Gasteiger partial charge < -0.3 is 10.6 Å². The minimum absolute atomic E-state index is 0.0673. The van der Waals surface area contributed by atoms with E-state index < -0.39 is 0 Å². The van der Waals surface area contributed by atoms with Crippen LogP contribution in [0.5, 0.6) is 0 Å². The summed E-state index contributed by atoms with van der Waals surface area (Å²) >= 11 is 1.81. The Bertz CT molecular complexity index is 426. The van der Waals surface area contributed by atoms with Crippen LogP contribution in [-0.2, 0) is 4.79 Å². The van der Waals surface area contributed by atoms with Crippen molar-refractivity contribution in [2.24, 2.45) is 5.92 Å². The summed E-state index contributed by atoms with van der Waals surface area (Å²) in [4.78, 5) is 14.5. The number of thiophene rings is 1. The first-order chi connectivity index (χ1) is 8.81. The summed E-state index contributed by atoms with van der Waals surface area (Å²) in [5, 5.41) is 6.30. The summed E-state index contributed by atoms with van der Waals surface area (Å²) in [5.74, 6) is 0.529. The molecule has 0 saturated heterocycles. The maximum absolute atomic E-state index is 11.8. The average molecular weight is 282 g/mol. The van der Waals surface area contributed by atoms with E-state index in [0.29, 0.717) is 12.5 Å². The number of aryl methyl sites for hydroxylation is 2. The van der Waals surface area contributed by atoms with Crippen LogP contribution in [0.25, 0.3) is 0 Å². The Labute approximate surface area is 120 Å². The van der Waals surface area contributed by atoms with Crippen LogP contribution < -0.4 is 10.6 Å². The van der Waals surface area contributed by atoms with Crippen LogP contribution >= 0.6 is 11.3 Å². The Balaban J connectivity index is 2.44. The maximum atomic E-state index is 11.8. The van der Waals surface area contributed by atoms with E-state index in [1.807, 2.05) is 6.92 Å². The lowest BCUT2D eigenvalue weighted by molar-refractivity contribution is -0.121. The van der Waals surface area contributed by atoms with Crippen LogP contribution in [0.2, 0.25) is 0 Å². The van der Waals surface area contributed by atoms with Crippen molar-refractivity contribution in [3.8, 4) is 0 Å². The Morgan fingerprint density at radius 1 is 1.26 bits per heavy atom. The number of hydrogen-bond acceptors (Lipinski definition) is 3. The van der Waals surface area contributed by atoms with E-state index in [-0.39, 0.29) is 18.0 Å². The van der Waals surface area contributed by atoms with Crippen molar-refractivity contribution >= 4 is 17.2 Å². The molecule has 2 atom stereocenters. The van der Waals surface area contributed by atoms with Crippen molar-refractivity contribution < 1.29 is 4.79 Å². The molecule has 0 aromatic carbocycles. The predicted molar refractivity (Wildman–Crippen MR) is 82.7 cm³/mol. The zero-order valence-electron chi connectivity index (χ0n) is 12.8. The molecule has 2 unspecified atom stereocenters. The van der Waals surface area contributed by atoms with Gasteiger partial charge in [0.25, 0.3) is 0 Å². The SMILES string of the molecule is Cc1cc(C(C)NCC(=O)NC(C)C(C)C)c(C)s1. The number of carbonyl (C=O) groups is 1. The van der Waals surface area contributed by atoms with Gasteiger partial charge >= 0.3 is 0 Å². The molecule has 19 heavy (non-hydrogen) atoms. The molecule has 1 heterocycles. The van der Waals surface area contributed by atoms with E-state index in [0.717, 1.165) is 0 Å². The van der Waals surface area contributed by atoms with Gasteiger partial charge in [0.1, 0.15) is 0 Å². The molecule has 4 heteroatoms.